The highest BCUT2D eigenvalue weighted by molar-refractivity contribution is 14.0. The Labute approximate surface area is 177 Å². The minimum Gasteiger partial charge on any atom is -0.356 e. The first-order chi connectivity index (χ1) is 12.7. The van der Waals surface area contributed by atoms with Gasteiger partial charge in [-0.05, 0) is 41.8 Å². The molecule has 2 aromatic rings. The Bertz CT molecular complexity index is 812. The van der Waals surface area contributed by atoms with Crippen LogP contribution in [0.3, 0.4) is 0 Å². The van der Waals surface area contributed by atoms with E-state index < -0.39 is 0 Å². The van der Waals surface area contributed by atoms with Crippen LogP contribution >= 0.6 is 24.0 Å². The number of halogens is 1. The fraction of sp³-hybridized carbons (Fsp3) is 0.250. The van der Waals surface area contributed by atoms with Crippen LogP contribution in [0.15, 0.2) is 53.5 Å². The van der Waals surface area contributed by atoms with E-state index in [4.69, 9.17) is 5.26 Å². The summed E-state index contributed by atoms with van der Waals surface area (Å²) in [6.45, 7) is 1.32. The lowest BCUT2D eigenvalue weighted by Crippen LogP contribution is -2.37. The van der Waals surface area contributed by atoms with Gasteiger partial charge >= 0.3 is 0 Å². The SMILES string of the molecule is CN=C(NCCc1cccc(C(=O)NC)c1)NCc1ccc(C#N)cc1.I. The summed E-state index contributed by atoms with van der Waals surface area (Å²) in [5.41, 5.74) is 3.47. The van der Waals surface area contributed by atoms with Gasteiger partial charge in [-0.3, -0.25) is 9.79 Å². The topological polar surface area (TPSA) is 89.3 Å². The summed E-state index contributed by atoms with van der Waals surface area (Å²) >= 11 is 0. The van der Waals surface area contributed by atoms with E-state index in [0.29, 0.717) is 30.2 Å². The Morgan fingerprint density at radius 2 is 1.85 bits per heavy atom. The van der Waals surface area contributed by atoms with Gasteiger partial charge in [-0.1, -0.05) is 24.3 Å². The molecule has 0 spiro atoms. The van der Waals surface area contributed by atoms with Gasteiger partial charge in [0.25, 0.3) is 5.91 Å². The number of amides is 1. The van der Waals surface area contributed by atoms with Crippen LogP contribution in [0.5, 0.6) is 0 Å². The Morgan fingerprint density at radius 1 is 1.11 bits per heavy atom. The number of hydrogen-bond acceptors (Lipinski definition) is 3. The number of nitrogens with one attached hydrogen (secondary N) is 3. The monoisotopic (exact) mass is 477 g/mol. The summed E-state index contributed by atoms with van der Waals surface area (Å²) < 4.78 is 0. The van der Waals surface area contributed by atoms with Crippen LogP contribution in [0.25, 0.3) is 0 Å². The van der Waals surface area contributed by atoms with Crippen LogP contribution in [-0.4, -0.2) is 32.5 Å². The molecular formula is C20H24IN5O. The van der Waals surface area contributed by atoms with Crippen molar-refractivity contribution < 1.29 is 4.79 Å². The molecule has 1 amide bonds. The molecule has 2 rings (SSSR count). The van der Waals surface area contributed by atoms with Crippen molar-refractivity contribution in [2.24, 2.45) is 4.99 Å². The van der Waals surface area contributed by atoms with Crippen LogP contribution in [-0.2, 0) is 13.0 Å². The maximum Gasteiger partial charge on any atom is 0.251 e. The van der Waals surface area contributed by atoms with Gasteiger partial charge in [0.2, 0.25) is 0 Å². The van der Waals surface area contributed by atoms with E-state index >= 15 is 0 Å². The highest BCUT2D eigenvalue weighted by atomic mass is 127. The number of nitrogens with zero attached hydrogens (tertiary/aromatic N) is 2. The van der Waals surface area contributed by atoms with Gasteiger partial charge in [0.1, 0.15) is 0 Å². The average Bonchev–Trinajstić information content (AvgIpc) is 2.70. The van der Waals surface area contributed by atoms with Gasteiger partial charge in [-0.25, -0.2) is 0 Å². The lowest BCUT2D eigenvalue weighted by atomic mass is 10.1. The minimum atomic E-state index is -0.0836. The first kappa shape index (κ1) is 22.4. The van der Waals surface area contributed by atoms with Gasteiger partial charge in [0.15, 0.2) is 5.96 Å². The number of carbonyl (C=O) groups is 1. The first-order valence-electron chi connectivity index (χ1n) is 8.41. The zero-order valence-electron chi connectivity index (χ0n) is 15.5. The molecule has 0 heterocycles. The Kier molecular flexibility index (Phi) is 9.90. The van der Waals surface area contributed by atoms with Gasteiger partial charge < -0.3 is 16.0 Å². The van der Waals surface area contributed by atoms with Crippen molar-refractivity contribution in [2.45, 2.75) is 13.0 Å². The molecule has 6 nitrogen and oxygen atoms in total. The molecule has 0 aromatic heterocycles. The highest BCUT2D eigenvalue weighted by Crippen LogP contribution is 2.06. The fourth-order valence-electron chi connectivity index (χ4n) is 2.44. The Morgan fingerprint density at radius 3 is 2.48 bits per heavy atom. The summed E-state index contributed by atoms with van der Waals surface area (Å²) in [5.74, 6) is 0.622. The molecule has 0 aliphatic heterocycles. The predicted octanol–water partition coefficient (Wildman–Crippen LogP) is 2.44. The molecule has 0 fully saturated rings. The molecule has 0 radical (unpaired) electrons. The van der Waals surface area contributed by atoms with Crippen molar-refractivity contribution in [2.75, 3.05) is 20.6 Å². The Balaban J connectivity index is 0.00000364. The second-order valence-corrected chi connectivity index (χ2v) is 5.69. The molecule has 0 atom stereocenters. The molecular weight excluding hydrogens is 453 g/mol. The minimum absolute atomic E-state index is 0. The molecule has 0 saturated carbocycles. The summed E-state index contributed by atoms with van der Waals surface area (Å²) in [5, 5.41) is 17.9. The van der Waals surface area contributed by atoms with Gasteiger partial charge in [-0.15, -0.1) is 24.0 Å². The van der Waals surface area contributed by atoms with Crippen molar-refractivity contribution in [3.05, 3.63) is 70.8 Å². The van der Waals surface area contributed by atoms with Crippen LogP contribution in [0, 0.1) is 11.3 Å². The molecule has 3 N–H and O–H groups in total. The first-order valence-corrected chi connectivity index (χ1v) is 8.41. The van der Waals surface area contributed by atoms with E-state index in [1.165, 1.54) is 0 Å². The highest BCUT2D eigenvalue weighted by Gasteiger charge is 2.04. The molecule has 0 unspecified atom stereocenters. The van der Waals surface area contributed by atoms with E-state index in [9.17, 15) is 4.79 Å². The van der Waals surface area contributed by atoms with E-state index in [1.807, 2.05) is 30.3 Å². The molecule has 7 heteroatoms. The van der Waals surface area contributed by atoms with Gasteiger partial charge in [0.05, 0.1) is 11.6 Å². The van der Waals surface area contributed by atoms with Crippen LogP contribution < -0.4 is 16.0 Å². The van der Waals surface area contributed by atoms with Gasteiger partial charge in [0, 0.05) is 32.7 Å². The fourth-order valence-corrected chi connectivity index (χ4v) is 2.44. The normalized spacial score (nSPS) is 10.3. The maximum atomic E-state index is 11.7. The van der Waals surface area contributed by atoms with Crippen LogP contribution in [0.2, 0.25) is 0 Å². The molecule has 27 heavy (non-hydrogen) atoms. The number of carbonyl (C=O) groups excluding carboxylic acids is 1. The lowest BCUT2D eigenvalue weighted by molar-refractivity contribution is 0.0963. The molecule has 0 bridgehead atoms. The second kappa shape index (κ2) is 11.9. The van der Waals surface area contributed by atoms with Crippen molar-refractivity contribution >= 4 is 35.8 Å². The van der Waals surface area contributed by atoms with Crippen LogP contribution in [0.1, 0.15) is 27.0 Å². The number of guanidine groups is 1. The van der Waals surface area contributed by atoms with E-state index in [-0.39, 0.29) is 29.9 Å². The third-order valence-electron chi connectivity index (χ3n) is 3.89. The van der Waals surface area contributed by atoms with E-state index in [0.717, 1.165) is 17.5 Å². The quantitative estimate of drug-likeness (QED) is 0.339. The van der Waals surface area contributed by atoms with Crippen LogP contribution in [0.4, 0.5) is 0 Å². The second-order valence-electron chi connectivity index (χ2n) is 5.69. The summed E-state index contributed by atoms with van der Waals surface area (Å²) in [4.78, 5) is 15.9. The molecule has 0 aliphatic rings. The number of benzene rings is 2. The summed E-state index contributed by atoms with van der Waals surface area (Å²) in [6, 6.07) is 17.1. The smallest absolute Gasteiger partial charge is 0.251 e. The average molecular weight is 477 g/mol. The molecule has 0 saturated heterocycles. The number of aliphatic imine (C=N–C) groups is 1. The molecule has 0 aliphatic carbocycles. The number of hydrogen-bond donors (Lipinski definition) is 3. The van der Waals surface area contributed by atoms with Crippen molar-refractivity contribution in [1.82, 2.24) is 16.0 Å². The zero-order valence-corrected chi connectivity index (χ0v) is 17.8. The third-order valence-corrected chi connectivity index (χ3v) is 3.89. The third kappa shape index (κ3) is 7.27. The number of nitriles is 1. The summed E-state index contributed by atoms with van der Waals surface area (Å²) in [6.07, 6.45) is 0.780. The van der Waals surface area contributed by atoms with E-state index in [1.54, 1.807) is 32.3 Å². The lowest BCUT2D eigenvalue weighted by Gasteiger charge is -2.12. The van der Waals surface area contributed by atoms with Crippen molar-refractivity contribution in [3.8, 4) is 6.07 Å². The largest absolute Gasteiger partial charge is 0.356 e. The van der Waals surface area contributed by atoms with Crippen molar-refractivity contribution in [1.29, 1.82) is 5.26 Å². The summed E-state index contributed by atoms with van der Waals surface area (Å²) in [7, 11) is 3.35. The Hall–Kier alpha value is -2.60. The molecule has 2 aromatic carbocycles. The van der Waals surface area contributed by atoms with Crippen molar-refractivity contribution in [3.63, 3.8) is 0 Å². The standard InChI is InChI=1S/C20H23N5O.HI/c1-22-19(26)18-5-3-4-15(12-18)10-11-24-20(23-2)25-14-17-8-6-16(13-21)7-9-17;/h3-9,12H,10-11,14H2,1-2H3,(H,22,26)(H2,23,24,25);1H. The van der Waals surface area contributed by atoms with Gasteiger partial charge in [-0.2, -0.15) is 5.26 Å². The maximum absolute atomic E-state index is 11.7. The number of rotatable bonds is 6. The zero-order chi connectivity index (χ0) is 18.8. The molecule has 142 valence electrons. The van der Waals surface area contributed by atoms with E-state index in [2.05, 4.69) is 27.0 Å². The predicted molar refractivity (Wildman–Crippen MR) is 118 cm³/mol.